The second-order valence-corrected chi connectivity index (χ2v) is 4.38. The van der Waals surface area contributed by atoms with Crippen molar-refractivity contribution in [1.29, 1.82) is 0 Å². The molecule has 0 aliphatic heterocycles. The van der Waals surface area contributed by atoms with Crippen molar-refractivity contribution in [1.82, 2.24) is 4.98 Å². The number of hydrogen-bond donors (Lipinski definition) is 2. The van der Waals surface area contributed by atoms with Crippen molar-refractivity contribution < 1.29 is 9.53 Å². The quantitative estimate of drug-likeness (QED) is 0.909. The minimum Gasteiger partial charge on any atom is -0.495 e. The van der Waals surface area contributed by atoms with Crippen LogP contribution in [-0.4, -0.2) is 25.0 Å². The average molecular weight is 292 g/mol. The van der Waals surface area contributed by atoms with Gasteiger partial charge in [0.05, 0.1) is 18.4 Å². The fraction of sp³-hybridized carbons (Fsp3) is 0.143. The molecule has 0 aliphatic rings. The fourth-order valence-corrected chi connectivity index (χ4v) is 1.93. The highest BCUT2D eigenvalue weighted by Gasteiger charge is 2.14. The summed E-state index contributed by atoms with van der Waals surface area (Å²) < 4.78 is 5.19. The molecule has 0 bridgehead atoms. The van der Waals surface area contributed by atoms with Crippen LogP contribution >= 0.6 is 11.6 Å². The van der Waals surface area contributed by atoms with Gasteiger partial charge in [0.15, 0.2) is 0 Å². The first-order chi connectivity index (χ1) is 9.65. The zero-order valence-corrected chi connectivity index (χ0v) is 11.9. The summed E-state index contributed by atoms with van der Waals surface area (Å²) in [7, 11) is 3.24. The molecule has 5 nitrogen and oxygen atoms in total. The second kappa shape index (κ2) is 6.25. The number of ether oxygens (including phenoxy) is 1. The average Bonchev–Trinajstić information content (AvgIpc) is 2.47. The van der Waals surface area contributed by atoms with Gasteiger partial charge >= 0.3 is 0 Å². The first-order valence-electron chi connectivity index (χ1n) is 5.93. The largest absolute Gasteiger partial charge is 0.495 e. The molecule has 1 heterocycles. The van der Waals surface area contributed by atoms with E-state index in [2.05, 4.69) is 15.6 Å². The van der Waals surface area contributed by atoms with E-state index in [0.717, 1.165) is 0 Å². The van der Waals surface area contributed by atoms with Crippen molar-refractivity contribution in [2.24, 2.45) is 0 Å². The molecule has 6 heteroatoms. The van der Waals surface area contributed by atoms with E-state index >= 15 is 0 Å². The monoisotopic (exact) mass is 291 g/mol. The van der Waals surface area contributed by atoms with E-state index in [-0.39, 0.29) is 5.91 Å². The molecule has 0 atom stereocenters. The Morgan fingerprint density at radius 2 is 2.15 bits per heavy atom. The van der Waals surface area contributed by atoms with Crippen LogP contribution in [0.1, 0.15) is 10.4 Å². The number of carbonyl (C=O) groups is 1. The van der Waals surface area contributed by atoms with E-state index in [4.69, 9.17) is 16.3 Å². The van der Waals surface area contributed by atoms with Gasteiger partial charge in [0.1, 0.15) is 11.6 Å². The lowest BCUT2D eigenvalue weighted by atomic mass is 10.2. The highest BCUT2D eigenvalue weighted by Crippen LogP contribution is 2.28. The fourth-order valence-electron chi connectivity index (χ4n) is 1.76. The molecule has 2 rings (SSSR count). The molecule has 1 aromatic carbocycles. The summed E-state index contributed by atoms with van der Waals surface area (Å²) in [6.45, 7) is 0. The van der Waals surface area contributed by atoms with Gasteiger partial charge in [0.25, 0.3) is 5.91 Å². The van der Waals surface area contributed by atoms with Crippen molar-refractivity contribution >= 4 is 29.0 Å². The van der Waals surface area contributed by atoms with Crippen LogP contribution in [0.2, 0.25) is 5.02 Å². The number of methoxy groups -OCH3 is 1. The number of carbonyl (C=O) groups excluding carboxylic acids is 1. The first kappa shape index (κ1) is 14.1. The van der Waals surface area contributed by atoms with Crippen LogP contribution in [0.15, 0.2) is 36.5 Å². The maximum absolute atomic E-state index is 12.3. The topological polar surface area (TPSA) is 63.2 Å². The number of rotatable bonds is 4. The zero-order chi connectivity index (χ0) is 14.5. The summed E-state index contributed by atoms with van der Waals surface area (Å²) in [4.78, 5) is 16.4. The van der Waals surface area contributed by atoms with Crippen LogP contribution in [0, 0.1) is 0 Å². The van der Waals surface area contributed by atoms with Gasteiger partial charge in [-0.1, -0.05) is 11.6 Å². The molecule has 0 aliphatic carbocycles. The minimum atomic E-state index is -0.289. The molecule has 0 fully saturated rings. The van der Waals surface area contributed by atoms with Gasteiger partial charge in [-0.3, -0.25) is 4.79 Å². The van der Waals surface area contributed by atoms with Gasteiger partial charge in [-0.05, 0) is 30.3 Å². The Kier molecular flexibility index (Phi) is 4.42. The van der Waals surface area contributed by atoms with Crippen molar-refractivity contribution in [3.8, 4) is 5.75 Å². The number of amides is 1. The van der Waals surface area contributed by atoms with Gasteiger partial charge in [-0.25, -0.2) is 4.98 Å². The zero-order valence-electron chi connectivity index (χ0n) is 11.1. The summed E-state index contributed by atoms with van der Waals surface area (Å²) in [6.07, 6.45) is 1.61. The van der Waals surface area contributed by atoms with E-state index in [1.165, 1.54) is 7.11 Å². The summed E-state index contributed by atoms with van der Waals surface area (Å²) in [5.41, 5.74) is 0.952. The summed E-state index contributed by atoms with van der Waals surface area (Å²) >= 11 is 5.93. The molecule has 2 N–H and O–H groups in total. The number of pyridine rings is 1. The van der Waals surface area contributed by atoms with Crippen molar-refractivity contribution in [2.45, 2.75) is 0 Å². The van der Waals surface area contributed by atoms with Gasteiger partial charge in [-0.2, -0.15) is 0 Å². The molecule has 20 heavy (non-hydrogen) atoms. The van der Waals surface area contributed by atoms with Crippen molar-refractivity contribution in [2.75, 3.05) is 24.8 Å². The molecule has 2 aromatic rings. The first-order valence-corrected chi connectivity index (χ1v) is 6.31. The number of anilines is 2. The van der Waals surface area contributed by atoms with E-state index in [0.29, 0.717) is 27.8 Å². The third-order valence-electron chi connectivity index (χ3n) is 2.70. The number of nitrogens with one attached hydrogen (secondary N) is 2. The lowest BCUT2D eigenvalue weighted by molar-refractivity contribution is 0.102. The number of halogens is 1. The smallest absolute Gasteiger partial charge is 0.259 e. The SMILES string of the molecule is CNc1ncccc1C(=O)Nc1cc(Cl)ccc1OC. The maximum Gasteiger partial charge on any atom is 0.259 e. The third-order valence-corrected chi connectivity index (χ3v) is 2.93. The normalized spacial score (nSPS) is 9.95. The van der Waals surface area contributed by atoms with Crippen molar-refractivity contribution in [3.05, 3.63) is 47.1 Å². The standard InChI is InChI=1S/C14H14ClN3O2/c1-16-13-10(4-3-7-17-13)14(19)18-11-8-9(15)5-6-12(11)20-2/h3-8H,1-2H3,(H,16,17)(H,18,19). The minimum absolute atomic E-state index is 0.289. The van der Waals surface area contributed by atoms with E-state index in [1.54, 1.807) is 43.6 Å². The summed E-state index contributed by atoms with van der Waals surface area (Å²) in [5.74, 6) is 0.756. The maximum atomic E-state index is 12.3. The highest BCUT2D eigenvalue weighted by atomic mass is 35.5. The predicted molar refractivity (Wildman–Crippen MR) is 79.7 cm³/mol. The van der Waals surface area contributed by atoms with E-state index in [9.17, 15) is 4.79 Å². The van der Waals surface area contributed by atoms with Gasteiger partial charge in [0.2, 0.25) is 0 Å². The Morgan fingerprint density at radius 3 is 2.85 bits per heavy atom. The lowest BCUT2D eigenvalue weighted by Gasteiger charge is -2.12. The molecule has 0 spiro atoms. The van der Waals surface area contributed by atoms with Crippen LogP contribution < -0.4 is 15.4 Å². The number of nitrogens with zero attached hydrogens (tertiary/aromatic N) is 1. The Balaban J connectivity index is 2.30. The molecule has 104 valence electrons. The van der Waals surface area contributed by atoms with E-state index < -0.39 is 0 Å². The van der Waals surface area contributed by atoms with Crippen LogP contribution in [0.25, 0.3) is 0 Å². The number of hydrogen-bond acceptors (Lipinski definition) is 4. The van der Waals surface area contributed by atoms with Crippen LogP contribution in [0.5, 0.6) is 5.75 Å². The van der Waals surface area contributed by atoms with Crippen LogP contribution in [0.3, 0.4) is 0 Å². The van der Waals surface area contributed by atoms with E-state index in [1.807, 2.05) is 0 Å². The second-order valence-electron chi connectivity index (χ2n) is 3.95. The molecule has 0 saturated carbocycles. The van der Waals surface area contributed by atoms with Crippen LogP contribution in [0.4, 0.5) is 11.5 Å². The Hall–Kier alpha value is -2.27. The Bertz CT molecular complexity index is 632. The van der Waals surface area contributed by atoms with Crippen LogP contribution in [-0.2, 0) is 0 Å². The molecule has 0 radical (unpaired) electrons. The Morgan fingerprint density at radius 1 is 1.35 bits per heavy atom. The summed E-state index contributed by atoms with van der Waals surface area (Å²) in [5, 5.41) is 6.15. The molecular formula is C14H14ClN3O2. The molecular weight excluding hydrogens is 278 g/mol. The van der Waals surface area contributed by atoms with Gasteiger partial charge in [-0.15, -0.1) is 0 Å². The van der Waals surface area contributed by atoms with Crippen molar-refractivity contribution in [3.63, 3.8) is 0 Å². The molecule has 1 amide bonds. The molecule has 1 aromatic heterocycles. The number of aromatic nitrogens is 1. The highest BCUT2D eigenvalue weighted by molar-refractivity contribution is 6.31. The predicted octanol–water partition coefficient (Wildman–Crippen LogP) is 3.04. The third kappa shape index (κ3) is 3.00. The number of benzene rings is 1. The van der Waals surface area contributed by atoms with Gasteiger partial charge < -0.3 is 15.4 Å². The van der Waals surface area contributed by atoms with Gasteiger partial charge in [0, 0.05) is 18.3 Å². The Labute approximate surface area is 121 Å². The lowest BCUT2D eigenvalue weighted by Crippen LogP contribution is -2.15. The molecule has 0 saturated heterocycles. The summed E-state index contributed by atoms with van der Waals surface area (Å²) in [6, 6.07) is 8.41. The molecule has 0 unspecified atom stereocenters.